The lowest BCUT2D eigenvalue weighted by Crippen LogP contribution is -1.99. The SMILES string of the molecule is C=N/C(=C\C(=NCC)c1ccccc1)c1ccccc1. The zero-order chi connectivity index (χ0) is 14.2. The van der Waals surface area contributed by atoms with Crippen LogP contribution in [0.25, 0.3) is 5.70 Å². The Bertz CT molecular complexity index is 610. The second-order valence-electron chi connectivity index (χ2n) is 4.28. The molecule has 0 N–H and O–H groups in total. The van der Waals surface area contributed by atoms with Crippen LogP contribution in [0.2, 0.25) is 0 Å². The van der Waals surface area contributed by atoms with Crippen molar-refractivity contribution in [2.24, 2.45) is 9.98 Å². The van der Waals surface area contributed by atoms with E-state index in [0.717, 1.165) is 29.1 Å². The lowest BCUT2D eigenvalue weighted by Gasteiger charge is -2.05. The van der Waals surface area contributed by atoms with E-state index in [9.17, 15) is 0 Å². The maximum Gasteiger partial charge on any atom is 0.0716 e. The third-order valence-electron chi connectivity index (χ3n) is 2.91. The van der Waals surface area contributed by atoms with Gasteiger partial charge in [0, 0.05) is 12.1 Å². The summed E-state index contributed by atoms with van der Waals surface area (Å²) in [5.41, 5.74) is 3.90. The van der Waals surface area contributed by atoms with Gasteiger partial charge in [-0.2, -0.15) is 0 Å². The Hall–Kier alpha value is -2.48. The van der Waals surface area contributed by atoms with Crippen LogP contribution in [0.3, 0.4) is 0 Å². The summed E-state index contributed by atoms with van der Waals surface area (Å²) in [5.74, 6) is 0. The highest BCUT2D eigenvalue weighted by atomic mass is 14.7. The van der Waals surface area contributed by atoms with Crippen molar-refractivity contribution in [2.45, 2.75) is 6.92 Å². The van der Waals surface area contributed by atoms with Gasteiger partial charge < -0.3 is 0 Å². The topological polar surface area (TPSA) is 24.7 Å². The molecule has 0 radical (unpaired) electrons. The second kappa shape index (κ2) is 7.19. The molecule has 0 aliphatic carbocycles. The summed E-state index contributed by atoms with van der Waals surface area (Å²) in [6.07, 6.45) is 1.99. The van der Waals surface area contributed by atoms with Crippen molar-refractivity contribution in [3.05, 3.63) is 77.9 Å². The van der Waals surface area contributed by atoms with Crippen molar-refractivity contribution in [1.29, 1.82) is 0 Å². The van der Waals surface area contributed by atoms with Crippen molar-refractivity contribution in [1.82, 2.24) is 0 Å². The number of hydrogen-bond donors (Lipinski definition) is 0. The van der Waals surface area contributed by atoms with Crippen molar-refractivity contribution in [2.75, 3.05) is 6.54 Å². The number of hydrogen-bond acceptors (Lipinski definition) is 2. The first-order valence-electron chi connectivity index (χ1n) is 6.69. The minimum atomic E-state index is 0.736. The molecular formula is C18H18N2. The number of nitrogens with zero attached hydrogens (tertiary/aromatic N) is 2. The molecule has 0 unspecified atom stereocenters. The lowest BCUT2D eigenvalue weighted by molar-refractivity contribution is 1.13. The Morgan fingerprint density at radius 3 is 2.00 bits per heavy atom. The number of rotatable bonds is 5. The van der Waals surface area contributed by atoms with Crippen LogP contribution in [0.5, 0.6) is 0 Å². The van der Waals surface area contributed by atoms with Crippen molar-refractivity contribution in [3.8, 4) is 0 Å². The molecular weight excluding hydrogens is 244 g/mol. The van der Waals surface area contributed by atoms with E-state index in [4.69, 9.17) is 0 Å². The third kappa shape index (κ3) is 3.51. The summed E-state index contributed by atoms with van der Waals surface area (Å²) in [6, 6.07) is 20.2. The second-order valence-corrected chi connectivity index (χ2v) is 4.28. The zero-order valence-corrected chi connectivity index (χ0v) is 11.7. The Kier molecular flexibility index (Phi) is 5.01. The van der Waals surface area contributed by atoms with Crippen molar-refractivity contribution in [3.63, 3.8) is 0 Å². The number of allylic oxidation sites excluding steroid dienone is 1. The number of benzene rings is 2. The quantitative estimate of drug-likeness (QED) is 0.720. The van der Waals surface area contributed by atoms with Gasteiger partial charge >= 0.3 is 0 Å². The summed E-state index contributed by atoms with van der Waals surface area (Å²) in [5, 5.41) is 0. The molecule has 0 aromatic heterocycles. The van der Waals surface area contributed by atoms with Gasteiger partial charge in [0.15, 0.2) is 0 Å². The van der Waals surface area contributed by atoms with Crippen molar-refractivity contribution >= 4 is 18.1 Å². The minimum absolute atomic E-state index is 0.736. The summed E-state index contributed by atoms with van der Waals surface area (Å²) < 4.78 is 0. The Labute approximate surface area is 120 Å². The van der Waals surface area contributed by atoms with E-state index in [1.165, 1.54) is 0 Å². The first kappa shape index (κ1) is 13.9. The smallest absolute Gasteiger partial charge is 0.0716 e. The summed E-state index contributed by atoms with van der Waals surface area (Å²) in [7, 11) is 0. The van der Waals surface area contributed by atoms with Crippen LogP contribution in [-0.4, -0.2) is 19.0 Å². The number of aliphatic imine (C=N–C) groups is 2. The van der Waals surface area contributed by atoms with E-state index >= 15 is 0 Å². The predicted octanol–water partition coefficient (Wildman–Crippen LogP) is 4.24. The fraction of sp³-hybridized carbons (Fsp3) is 0.111. The Morgan fingerprint density at radius 1 is 0.950 bits per heavy atom. The van der Waals surface area contributed by atoms with E-state index in [1.807, 2.05) is 61.5 Å². The van der Waals surface area contributed by atoms with Gasteiger partial charge in [0.2, 0.25) is 0 Å². The molecule has 2 rings (SSSR count). The highest BCUT2D eigenvalue weighted by Gasteiger charge is 2.03. The monoisotopic (exact) mass is 262 g/mol. The van der Waals surface area contributed by atoms with Crippen molar-refractivity contribution < 1.29 is 0 Å². The maximum absolute atomic E-state index is 4.56. The predicted molar refractivity (Wildman–Crippen MR) is 87.5 cm³/mol. The van der Waals surface area contributed by atoms with E-state index in [1.54, 1.807) is 0 Å². The molecule has 2 aromatic carbocycles. The van der Waals surface area contributed by atoms with Gasteiger partial charge in [0.25, 0.3) is 0 Å². The zero-order valence-electron chi connectivity index (χ0n) is 11.7. The van der Waals surface area contributed by atoms with Gasteiger partial charge in [-0.1, -0.05) is 60.7 Å². The third-order valence-corrected chi connectivity index (χ3v) is 2.91. The lowest BCUT2D eigenvalue weighted by atomic mass is 10.1. The fourth-order valence-corrected chi connectivity index (χ4v) is 1.96. The molecule has 2 heteroatoms. The molecule has 100 valence electrons. The fourth-order valence-electron chi connectivity index (χ4n) is 1.96. The molecule has 0 amide bonds. The first-order chi connectivity index (χ1) is 9.85. The molecule has 0 fully saturated rings. The van der Waals surface area contributed by atoms with Crippen LogP contribution >= 0.6 is 0 Å². The molecule has 0 aliphatic heterocycles. The average Bonchev–Trinajstić information content (AvgIpc) is 2.53. The normalized spacial score (nSPS) is 12.2. The van der Waals surface area contributed by atoms with Gasteiger partial charge in [0.05, 0.1) is 11.4 Å². The molecule has 0 heterocycles. The Balaban J connectivity index is 2.43. The minimum Gasteiger partial charge on any atom is -0.285 e. The van der Waals surface area contributed by atoms with Crippen LogP contribution in [-0.2, 0) is 0 Å². The average molecular weight is 262 g/mol. The van der Waals surface area contributed by atoms with Crippen LogP contribution in [0.15, 0.2) is 76.7 Å². The highest BCUT2D eigenvalue weighted by molar-refractivity contribution is 6.12. The molecule has 2 aromatic rings. The molecule has 0 atom stereocenters. The van der Waals surface area contributed by atoms with E-state index in [2.05, 4.69) is 28.8 Å². The van der Waals surface area contributed by atoms with Crippen LogP contribution in [0.4, 0.5) is 0 Å². The molecule has 0 saturated heterocycles. The van der Waals surface area contributed by atoms with E-state index in [0.29, 0.717) is 0 Å². The molecule has 0 saturated carbocycles. The largest absolute Gasteiger partial charge is 0.285 e. The highest BCUT2D eigenvalue weighted by Crippen LogP contribution is 2.16. The molecule has 0 spiro atoms. The van der Waals surface area contributed by atoms with Crippen LogP contribution in [0.1, 0.15) is 18.1 Å². The van der Waals surface area contributed by atoms with Gasteiger partial charge in [0.1, 0.15) is 0 Å². The summed E-state index contributed by atoms with van der Waals surface area (Å²) in [4.78, 5) is 8.70. The van der Waals surface area contributed by atoms with Gasteiger partial charge in [-0.25, -0.2) is 0 Å². The van der Waals surface area contributed by atoms with E-state index in [-0.39, 0.29) is 0 Å². The molecule has 0 aliphatic rings. The van der Waals surface area contributed by atoms with Gasteiger partial charge in [-0.3, -0.25) is 9.98 Å². The summed E-state index contributed by atoms with van der Waals surface area (Å²) >= 11 is 0. The Morgan fingerprint density at radius 2 is 1.50 bits per heavy atom. The molecule has 20 heavy (non-hydrogen) atoms. The molecule has 0 bridgehead atoms. The first-order valence-corrected chi connectivity index (χ1v) is 6.69. The van der Waals surface area contributed by atoms with Crippen LogP contribution in [0, 0.1) is 0 Å². The van der Waals surface area contributed by atoms with E-state index < -0.39 is 0 Å². The molecule has 2 nitrogen and oxygen atoms in total. The summed E-state index contributed by atoms with van der Waals surface area (Å²) in [6.45, 7) is 6.44. The maximum atomic E-state index is 4.56. The van der Waals surface area contributed by atoms with Crippen LogP contribution < -0.4 is 0 Å². The standard InChI is InChI=1S/C18H18N2/c1-3-20-18(16-12-8-5-9-13-16)14-17(19-2)15-10-6-4-7-11-15/h4-14H,2-3H2,1H3/b17-14-,20-18?. The van der Waals surface area contributed by atoms with Gasteiger partial charge in [-0.05, 0) is 25.3 Å². The van der Waals surface area contributed by atoms with Gasteiger partial charge in [-0.15, -0.1) is 0 Å².